The van der Waals surface area contributed by atoms with Gasteiger partial charge in [0.25, 0.3) is 0 Å². The minimum atomic E-state index is -1.07. The van der Waals surface area contributed by atoms with E-state index in [2.05, 4.69) is 20.7 Å². The van der Waals surface area contributed by atoms with E-state index in [9.17, 15) is 14.7 Å². The predicted molar refractivity (Wildman–Crippen MR) is 54.8 cm³/mol. The smallest absolute Gasteiger partial charge is 0.331 e. The van der Waals surface area contributed by atoms with Crippen LogP contribution < -0.4 is 5.11 Å². The van der Waals surface area contributed by atoms with Crippen LogP contribution >= 0.6 is 15.9 Å². The Bertz CT molecular complexity index is 309. The Balaban J connectivity index is 2.55. The molecule has 0 aromatic rings. The van der Waals surface area contributed by atoms with Crippen LogP contribution in [0.3, 0.4) is 0 Å². The van der Waals surface area contributed by atoms with Gasteiger partial charge in [-0.2, -0.15) is 0 Å². The molecule has 15 heavy (non-hydrogen) atoms. The number of carbonyl (C=O) groups is 2. The van der Waals surface area contributed by atoms with Gasteiger partial charge in [-0.3, -0.25) is 0 Å². The second kappa shape index (κ2) is 4.35. The van der Waals surface area contributed by atoms with Gasteiger partial charge in [0.1, 0.15) is 5.52 Å². The SMILES string of the molecule is CC1(C)C(/C=C/C(=O)OCBr)C1C(=O)[O-]. The number of carbonyl (C=O) groups excluding carboxylic acids is 2. The lowest BCUT2D eigenvalue weighted by Crippen LogP contribution is -2.26. The van der Waals surface area contributed by atoms with Crippen molar-refractivity contribution in [3.05, 3.63) is 12.2 Å². The van der Waals surface area contributed by atoms with E-state index in [4.69, 9.17) is 0 Å². The quantitative estimate of drug-likeness (QED) is 0.425. The Labute approximate surface area is 96.4 Å². The van der Waals surface area contributed by atoms with E-state index < -0.39 is 17.9 Å². The maximum atomic E-state index is 11.0. The molecule has 0 aromatic heterocycles. The molecule has 84 valence electrons. The zero-order valence-corrected chi connectivity index (χ0v) is 10.1. The standard InChI is InChI=1S/C10H13BrO4/c1-10(2)6(8(10)9(13)14)3-4-7(12)15-5-11/h3-4,6,8H,5H2,1-2H3,(H,13,14)/p-1/b4-3+. The first-order valence-corrected chi connectivity index (χ1v) is 5.65. The summed E-state index contributed by atoms with van der Waals surface area (Å²) in [5.41, 5.74) is -0.196. The van der Waals surface area contributed by atoms with Gasteiger partial charge < -0.3 is 14.6 Å². The fourth-order valence-electron chi connectivity index (χ4n) is 1.77. The van der Waals surface area contributed by atoms with E-state index in [1.54, 1.807) is 6.08 Å². The lowest BCUT2D eigenvalue weighted by Gasteiger charge is -2.01. The van der Waals surface area contributed by atoms with Gasteiger partial charge >= 0.3 is 5.97 Å². The molecule has 1 rings (SSSR count). The van der Waals surface area contributed by atoms with Gasteiger partial charge in [-0.15, -0.1) is 0 Å². The van der Waals surface area contributed by atoms with Crippen molar-refractivity contribution < 1.29 is 19.4 Å². The largest absolute Gasteiger partial charge is 0.550 e. The molecular formula is C10H12BrO4-. The molecule has 1 saturated carbocycles. The lowest BCUT2D eigenvalue weighted by atomic mass is 10.1. The number of alkyl halides is 1. The fourth-order valence-corrected chi connectivity index (χ4v) is 2.00. The summed E-state index contributed by atoms with van der Waals surface area (Å²) in [6.07, 6.45) is 2.84. The lowest BCUT2D eigenvalue weighted by molar-refractivity contribution is -0.309. The highest BCUT2D eigenvalue weighted by molar-refractivity contribution is 9.09. The van der Waals surface area contributed by atoms with Gasteiger partial charge in [-0.05, 0) is 27.3 Å². The number of carboxylic acids is 1. The number of aliphatic carboxylic acids is 1. The molecule has 0 saturated heterocycles. The molecule has 0 spiro atoms. The second-order valence-electron chi connectivity index (χ2n) is 4.08. The van der Waals surface area contributed by atoms with Crippen molar-refractivity contribution in [2.45, 2.75) is 13.8 Å². The van der Waals surface area contributed by atoms with Gasteiger partial charge in [0.15, 0.2) is 0 Å². The van der Waals surface area contributed by atoms with Crippen molar-refractivity contribution in [2.75, 3.05) is 5.52 Å². The third-order valence-electron chi connectivity index (χ3n) is 2.80. The number of rotatable bonds is 4. The molecule has 1 aliphatic rings. The maximum Gasteiger partial charge on any atom is 0.331 e. The summed E-state index contributed by atoms with van der Waals surface area (Å²) in [6, 6.07) is 0. The first kappa shape index (κ1) is 12.2. The monoisotopic (exact) mass is 275 g/mol. The summed E-state index contributed by atoms with van der Waals surface area (Å²) in [5.74, 6) is -2.20. The van der Waals surface area contributed by atoms with Crippen molar-refractivity contribution >= 4 is 27.9 Å². The fraction of sp³-hybridized carbons (Fsp3) is 0.600. The van der Waals surface area contributed by atoms with Crippen LogP contribution in [0.5, 0.6) is 0 Å². The number of hydrogen-bond donors (Lipinski definition) is 0. The van der Waals surface area contributed by atoms with Gasteiger partial charge in [0.2, 0.25) is 0 Å². The molecule has 0 radical (unpaired) electrons. The summed E-state index contributed by atoms with van der Waals surface area (Å²) in [7, 11) is 0. The summed E-state index contributed by atoms with van der Waals surface area (Å²) in [5, 5.41) is 10.7. The maximum absolute atomic E-state index is 11.0. The van der Waals surface area contributed by atoms with E-state index in [-0.39, 0.29) is 16.8 Å². The van der Waals surface area contributed by atoms with E-state index in [1.165, 1.54) is 6.08 Å². The van der Waals surface area contributed by atoms with Gasteiger partial charge in [0.05, 0.1) is 0 Å². The van der Waals surface area contributed by atoms with Crippen LogP contribution in [0.4, 0.5) is 0 Å². The van der Waals surface area contributed by atoms with Crippen LogP contribution in [0.25, 0.3) is 0 Å². The Kier molecular flexibility index (Phi) is 3.54. The minimum Gasteiger partial charge on any atom is -0.550 e. The van der Waals surface area contributed by atoms with Crippen LogP contribution in [-0.2, 0) is 14.3 Å². The molecule has 2 atom stereocenters. The van der Waals surface area contributed by atoms with E-state index in [0.717, 1.165) is 0 Å². The first-order valence-electron chi connectivity index (χ1n) is 4.53. The predicted octanol–water partition coefficient (Wildman–Crippen LogP) is 0.460. The molecule has 0 heterocycles. The van der Waals surface area contributed by atoms with Crippen molar-refractivity contribution in [1.82, 2.24) is 0 Å². The molecule has 0 aromatic carbocycles. The van der Waals surface area contributed by atoms with Crippen molar-refractivity contribution in [1.29, 1.82) is 0 Å². The Morgan fingerprint density at radius 3 is 2.53 bits per heavy atom. The highest BCUT2D eigenvalue weighted by Crippen LogP contribution is 2.58. The molecular weight excluding hydrogens is 264 g/mol. The van der Waals surface area contributed by atoms with Crippen molar-refractivity contribution in [3.8, 4) is 0 Å². The van der Waals surface area contributed by atoms with Gasteiger partial charge in [-0.1, -0.05) is 19.9 Å². The third kappa shape index (κ3) is 2.59. The molecule has 0 aliphatic heterocycles. The van der Waals surface area contributed by atoms with Crippen molar-refractivity contribution in [3.63, 3.8) is 0 Å². The summed E-state index contributed by atoms with van der Waals surface area (Å²) >= 11 is 2.95. The molecule has 2 unspecified atom stereocenters. The zero-order chi connectivity index (χ0) is 11.6. The average Bonchev–Trinajstić information content (AvgIpc) is 2.65. The highest BCUT2D eigenvalue weighted by Gasteiger charge is 2.56. The van der Waals surface area contributed by atoms with Gasteiger partial charge in [-0.25, -0.2) is 4.79 Å². The third-order valence-corrected chi connectivity index (χ3v) is 3.03. The average molecular weight is 276 g/mol. The molecule has 5 heteroatoms. The van der Waals surface area contributed by atoms with Crippen LogP contribution in [0.2, 0.25) is 0 Å². The van der Waals surface area contributed by atoms with Crippen LogP contribution in [-0.4, -0.2) is 17.5 Å². The van der Waals surface area contributed by atoms with Crippen molar-refractivity contribution in [2.24, 2.45) is 17.3 Å². The number of hydrogen-bond acceptors (Lipinski definition) is 4. The second-order valence-corrected chi connectivity index (χ2v) is 4.53. The first-order chi connectivity index (χ1) is 6.91. The molecule has 1 aliphatic carbocycles. The number of allylic oxidation sites excluding steroid dienone is 1. The summed E-state index contributed by atoms with van der Waals surface area (Å²) < 4.78 is 4.61. The van der Waals surface area contributed by atoms with Gasteiger partial charge in [0, 0.05) is 18.0 Å². The molecule has 1 fully saturated rings. The topological polar surface area (TPSA) is 66.4 Å². The Hall–Kier alpha value is -0.840. The molecule has 0 N–H and O–H groups in total. The van der Waals surface area contributed by atoms with Crippen LogP contribution in [0, 0.1) is 17.3 Å². The minimum absolute atomic E-state index is 0.133. The van der Waals surface area contributed by atoms with E-state index in [0.29, 0.717) is 0 Å². The number of ether oxygens (including phenoxy) is 1. The summed E-state index contributed by atoms with van der Waals surface area (Å²) in [6.45, 7) is 3.66. The molecule has 0 bridgehead atoms. The Morgan fingerprint density at radius 2 is 2.13 bits per heavy atom. The Morgan fingerprint density at radius 1 is 1.53 bits per heavy atom. The number of esters is 1. The van der Waals surface area contributed by atoms with Crippen LogP contribution in [0.15, 0.2) is 12.2 Å². The summed E-state index contributed by atoms with van der Waals surface area (Å²) in [4.78, 5) is 21.7. The molecule has 4 nitrogen and oxygen atoms in total. The number of halogens is 1. The zero-order valence-electron chi connectivity index (χ0n) is 8.53. The van der Waals surface area contributed by atoms with E-state index >= 15 is 0 Å². The van der Waals surface area contributed by atoms with Crippen LogP contribution in [0.1, 0.15) is 13.8 Å². The highest BCUT2D eigenvalue weighted by atomic mass is 79.9. The normalized spacial score (nSPS) is 27.7. The number of carboxylic acid groups (broad SMARTS) is 1. The molecule has 0 amide bonds. The van der Waals surface area contributed by atoms with E-state index in [1.807, 2.05) is 13.8 Å².